The molecule has 0 saturated heterocycles. The van der Waals surface area contributed by atoms with Gasteiger partial charge in [0.25, 0.3) is 0 Å². The van der Waals surface area contributed by atoms with Crippen molar-refractivity contribution in [2.24, 2.45) is 0 Å². The van der Waals surface area contributed by atoms with Crippen molar-refractivity contribution in [2.75, 3.05) is 6.61 Å². The van der Waals surface area contributed by atoms with Crippen LogP contribution in [0.2, 0.25) is 0 Å². The van der Waals surface area contributed by atoms with Crippen molar-refractivity contribution >= 4 is 17.3 Å². The highest BCUT2D eigenvalue weighted by Gasteiger charge is 2.38. The van der Waals surface area contributed by atoms with Gasteiger partial charge in [-0.15, -0.1) is 11.3 Å². The number of aliphatic hydroxyl groups is 1. The standard InChI is InChI=1S/C16H26O3S/c1-4-6-7-9-13(5-2)19-15(18)16(3,12-17)14-10-8-11-20-14/h8,10-11,13,17H,4-7,9,12H2,1-3H3. The van der Waals surface area contributed by atoms with E-state index in [1.807, 2.05) is 24.4 Å². The predicted molar refractivity (Wildman–Crippen MR) is 83.1 cm³/mol. The van der Waals surface area contributed by atoms with E-state index in [4.69, 9.17) is 4.74 Å². The lowest BCUT2D eigenvalue weighted by Gasteiger charge is -2.27. The second-order valence-corrected chi connectivity index (χ2v) is 6.35. The van der Waals surface area contributed by atoms with E-state index < -0.39 is 5.41 Å². The van der Waals surface area contributed by atoms with Crippen LogP contribution in [0.15, 0.2) is 17.5 Å². The molecule has 0 spiro atoms. The van der Waals surface area contributed by atoms with Crippen LogP contribution in [0.5, 0.6) is 0 Å². The third-order valence-electron chi connectivity index (χ3n) is 3.69. The van der Waals surface area contributed by atoms with Crippen molar-refractivity contribution in [1.82, 2.24) is 0 Å². The molecule has 1 N–H and O–H groups in total. The lowest BCUT2D eigenvalue weighted by atomic mass is 9.90. The summed E-state index contributed by atoms with van der Waals surface area (Å²) in [5.41, 5.74) is -0.938. The van der Waals surface area contributed by atoms with Gasteiger partial charge in [0.1, 0.15) is 11.5 Å². The van der Waals surface area contributed by atoms with E-state index in [0.717, 1.165) is 37.0 Å². The van der Waals surface area contributed by atoms with Gasteiger partial charge in [-0.3, -0.25) is 4.79 Å². The Morgan fingerprint density at radius 2 is 2.20 bits per heavy atom. The average Bonchev–Trinajstić information content (AvgIpc) is 2.99. The van der Waals surface area contributed by atoms with E-state index >= 15 is 0 Å². The number of unbranched alkanes of at least 4 members (excludes halogenated alkanes) is 2. The van der Waals surface area contributed by atoms with Gasteiger partial charge in [0.2, 0.25) is 0 Å². The number of thiophene rings is 1. The molecule has 0 radical (unpaired) electrons. The zero-order valence-electron chi connectivity index (χ0n) is 12.7. The van der Waals surface area contributed by atoms with Crippen molar-refractivity contribution in [2.45, 2.75) is 64.4 Å². The Morgan fingerprint density at radius 3 is 2.70 bits per heavy atom. The Balaban J connectivity index is 2.66. The maximum atomic E-state index is 12.4. The SMILES string of the molecule is CCCCCC(CC)OC(=O)C(C)(CO)c1cccs1. The van der Waals surface area contributed by atoms with E-state index in [-0.39, 0.29) is 18.7 Å². The third-order valence-corrected chi connectivity index (χ3v) is 4.82. The van der Waals surface area contributed by atoms with Crippen LogP contribution in [0.3, 0.4) is 0 Å². The minimum absolute atomic E-state index is 0.0418. The van der Waals surface area contributed by atoms with Gasteiger partial charge in [0.05, 0.1) is 6.61 Å². The Kier molecular flexibility index (Phi) is 7.24. The van der Waals surface area contributed by atoms with Gasteiger partial charge < -0.3 is 9.84 Å². The molecule has 114 valence electrons. The number of aliphatic hydroxyl groups excluding tert-OH is 1. The second-order valence-electron chi connectivity index (χ2n) is 5.40. The molecule has 2 atom stereocenters. The Bertz CT molecular complexity index is 388. The number of rotatable bonds is 9. The quantitative estimate of drug-likeness (QED) is 0.555. The van der Waals surface area contributed by atoms with Crippen LogP contribution >= 0.6 is 11.3 Å². The lowest BCUT2D eigenvalue weighted by Crippen LogP contribution is -2.39. The minimum atomic E-state index is -0.938. The number of hydrogen-bond acceptors (Lipinski definition) is 4. The molecule has 0 bridgehead atoms. The number of esters is 1. The predicted octanol–water partition coefficient (Wildman–Crippen LogP) is 3.90. The van der Waals surface area contributed by atoms with Crippen LogP contribution in [0.1, 0.15) is 57.8 Å². The summed E-state index contributed by atoms with van der Waals surface area (Å²) in [6.45, 7) is 5.72. The number of carbonyl (C=O) groups excluding carboxylic acids is 1. The van der Waals surface area contributed by atoms with Crippen molar-refractivity contribution in [3.8, 4) is 0 Å². The molecule has 0 aliphatic heterocycles. The van der Waals surface area contributed by atoms with Crippen molar-refractivity contribution < 1.29 is 14.6 Å². The Hall–Kier alpha value is -0.870. The maximum absolute atomic E-state index is 12.4. The molecule has 1 aromatic rings. The summed E-state index contributed by atoms with van der Waals surface area (Å²) in [6, 6.07) is 3.76. The van der Waals surface area contributed by atoms with E-state index in [9.17, 15) is 9.90 Å². The molecule has 0 aromatic carbocycles. The summed E-state index contributed by atoms with van der Waals surface area (Å²) >= 11 is 1.48. The van der Waals surface area contributed by atoms with Crippen LogP contribution in [0.25, 0.3) is 0 Å². The summed E-state index contributed by atoms with van der Waals surface area (Å²) < 4.78 is 5.63. The lowest BCUT2D eigenvalue weighted by molar-refractivity contribution is -0.157. The zero-order valence-corrected chi connectivity index (χ0v) is 13.5. The molecule has 0 aliphatic carbocycles. The highest BCUT2D eigenvalue weighted by Crippen LogP contribution is 2.30. The highest BCUT2D eigenvalue weighted by molar-refractivity contribution is 7.10. The van der Waals surface area contributed by atoms with Crippen LogP contribution in [-0.4, -0.2) is 23.8 Å². The second kappa shape index (κ2) is 8.42. The summed E-state index contributed by atoms with van der Waals surface area (Å²) in [4.78, 5) is 13.3. The fraction of sp³-hybridized carbons (Fsp3) is 0.688. The molecule has 1 aromatic heterocycles. The first-order valence-electron chi connectivity index (χ1n) is 7.44. The fourth-order valence-corrected chi connectivity index (χ4v) is 2.95. The van der Waals surface area contributed by atoms with E-state index in [2.05, 4.69) is 6.92 Å². The molecule has 0 fully saturated rings. The summed E-state index contributed by atoms with van der Waals surface area (Å²) in [6.07, 6.45) is 5.09. The van der Waals surface area contributed by atoms with Crippen molar-refractivity contribution in [3.05, 3.63) is 22.4 Å². The van der Waals surface area contributed by atoms with E-state index in [1.54, 1.807) is 6.92 Å². The Morgan fingerprint density at radius 1 is 1.45 bits per heavy atom. The molecular formula is C16H26O3S. The zero-order chi connectivity index (χ0) is 15.0. The molecule has 2 unspecified atom stereocenters. The van der Waals surface area contributed by atoms with Gasteiger partial charge in [0.15, 0.2) is 0 Å². The topological polar surface area (TPSA) is 46.5 Å². The van der Waals surface area contributed by atoms with Crippen LogP contribution in [0.4, 0.5) is 0 Å². The minimum Gasteiger partial charge on any atom is -0.462 e. The van der Waals surface area contributed by atoms with Crippen LogP contribution in [0, 0.1) is 0 Å². The van der Waals surface area contributed by atoms with Gasteiger partial charge in [-0.2, -0.15) is 0 Å². The first-order chi connectivity index (χ1) is 9.58. The normalized spacial score (nSPS) is 15.6. The van der Waals surface area contributed by atoms with Gasteiger partial charge in [-0.05, 0) is 37.6 Å². The van der Waals surface area contributed by atoms with Crippen LogP contribution in [-0.2, 0) is 14.9 Å². The first-order valence-corrected chi connectivity index (χ1v) is 8.32. The highest BCUT2D eigenvalue weighted by atomic mass is 32.1. The smallest absolute Gasteiger partial charge is 0.319 e. The van der Waals surface area contributed by atoms with Gasteiger partial charge in [-0.25, -0.2) is 0 Å². The molecule has 3 nitrogen and oxygen atoms in total. The number of ether oxygens (including phenoxy) is 1. The molecule has 0 amide bonds. The molecule has 0 saturated carbocycles. The molecule has 0 aliphatic rings. The van der Waals surface area contributed by atoms with Crippen LogP contribution < -0.4 is 0 Å². The first kappa shape index (κ1) is 17.2. The van der Waals surface area contributed by atoms with Crippen molar-refractivity contribution in [3.63, 3.8) is 0 Å². The molecule has 1 heterocycles. The van der Waals surface area contributed by atoms with Gasteiger partial charge >= 0.3 is 5.97 Å². The Labute approximate surface area is 126 Å². The monoisotopic (exact) mass is 298 g/mol. The number of carbonyl (C=O) groups is 1. The van der Waals surface area contributed by atoms with Crippen molar-refractivity contribution in [1.29, 1.82) is 0 Å². The van der Waals surface area contributed by atoms with E-state index in [0.29, 0.717) is 0 Å². The average molecular weight is 298 g/mol. The van der Waals surface area contributed by atoms with Gasteiger partial charge in [-0.1, -0.05) is 32.8 Å². The molecular weight excluding hydrogens is 272 g/mol. The summed E-state index contributed by atoms with van der Waals surface area (Å²) in [5.74, 6) is -0.314. The largest absolute Gasteiger partial charge is 0.462 e. The third kappa shape index (κ3) is 4.32. The molecule has 1 rings (SSSR count). The van der Waals surface area contributed by atoms with Gasteiger partial charge in [0, 0.05) is 4.88 Å². The molecule has 4 heteroatoms. The summed E-state index contributed by atoms with van der Waals surface area (Å²) in [7, 11) is 0. The van der Waals surface area contributed by atoms with E-state index in [1.165, 1.54) is 11.3 Å². The number of hydrogen-bond donors (Lipinski definition) is 1. The maximum Gasteiger partial charge on any atom is 0.319 e. The fourth-order valence-electron chi connectivity index (χ4n) is 2.09. The molecule has 20 heavy (non-hydrogen) atoms. The summed E-state index contributed by atoms with van der Waals surface area (Å²) in [5, 5.41) is 11.5.